The van der Waals surface area contributed by atoms with Crippen molar-refractivity contribution in [2.45, 2.75) is 66.0 Å². The number of fused-ring (bicyclic) bond motifs is 1. The van der Waals surface area contributed by atoms with E-state index in [9.17, 15) is 5.11 Å². The summed E-state index contributed by atoms with van der Waals surface area (Å²) in [5.74, 6) is 0.614. The number of para-hydroxylation sites is 1. The molecule has 0 saturated carbocycles. The quantitative estimate of drug-likeness (QED) is 0.162. The summed E-state index contributed by atoms with van der Waals surface area (Å²) in [5, 5.41) is 11.8. The SMILES string of the molecule is [2H]c1c([2H])c(C(C([2H])([2H])[2H])(C([2H])([2H])[2H])C([2H])([2H])[2H])c([2H])c([2H])c1-c1ccnc(-c2[c-]c(-c3cccc4c3nc(-c3cc(C)cc(C)c3O)n4-c3cc(-c4ccccc4)cc(C(C)(C)C)c3)cc(-c3ccccc3)c2)c1.[Pt]. The standard InChI is InChI=1S/C58H52N3O.Pt/c1-37-28-38(2)55(62)51(29-37)56-60-54-50(20-15-21-53(54)61(56)49-34-44(40-18-13-10-14-19-40)33-48(36-49)58(6,7)8)45-30-43(39-16-11-9-12-17-39)31-46(32-45)52-35-42(26-27-59-52)41-22-24-47(25-23-41)57(3,4)5;/h9-31,33-36,62H,1-8H3;/q-1;/i3D3,4D3,5D3,22D,23D,24D,25D;. The largest absolute Gasteiger partial charge is 0.507 e. The van der Waals surface area contributed by atoms with Crippen LogP contribution in [0.15, 0.2) is 164 Å². The summed E-state index contributed by atoms with van der Waals surface area (Å²) in [6.45, 7) is -1.09. The fraction of sp³-hybridized carbons (Fsp3) is 0.172. The second kappa shape index (κ2) is 17.1. The van der Waals surface area contributed by atoms with E-state index >= 15 is 0 Å². The Morgan fingerprint density at radius 1 is 0.603 bits per heavy atom. The first-order chi connectivity index (χ1) is 35.1. The van der Waals surface area contributed by atoms with Gasteiger partial charge in [-0.3, -0.25) is 9.55 Å². The first kappa shape index (κ1) is 29.9. The topological polar surface area (TPSA) is 50.9 Å². The average molecular weight is 1020 g/mol. The van der Waals surface area contributed by atoms with E-state index in [0.29, 0.717) is 44.9 Å². The normalized spacial score (nSPS) is 15.3. The molecule has 0 spiro atoms. The number of hydrogen-bond donors (Lipinski definition) is 1. The minimum Gasteiger partial charge on any atom is -0.507 e. The average Bonchev–Trinajstić information content (AvgIpc) is 3.76. The van der Waals surface area contributed by atoms with Crippen LogP contribution in [-0.2, 0) is 31.9 Å². The van der Waals surface area contributed by atoms with Crippen LogP contribution < -0.4 is 0 Å². The summed E-state index contributed by atoms with van der Waals surface area (Å²) >= 11 is 0. The van der Waals surface area contributed by atoms with Crippen molar-refractivity contribution in [1.82, 2.24) is 14.5 Å². The third kappa shape index (κ3) is 8.70. The molecule has 0 radical (unpaired) electrons. The van der Waals surface area contributed by atoms with Gasteiger partial charge in [0.1, 0.15) is 11.6 Å². The van der Waals surface area contributed by atoms with E-state index in [1.165, 1.54) is 18.3 Å². The van der Waals surface area contributed by atoms with Crippen LogP contribution in [0.2, 0.25) is 0 Å². The van der Waals surface area contributed by atoms with Gasteiger partial charge in [0, 0.05) is 51.0 Å². The smallest absolute Gasteiger partial charge is 0.148 e. The van der Waals surface area contributed by atoms with E-state index in [4.69, 9.17) is 27.8 Å². The molecule has 0 aliphatic rings. The Labute approximate surface area is 404 Å². The molecule has 63 heavy (non-hydrogen) atoms. The van der Waals surface area contributed by atoms with E-state index in [1.54, 1.807) is 0 Å². The second-order valence-corrected chi connectivity index (χ2v) is 16.8. The number of aromatic nitrogens is 3. The molecule has 316 valence electrons. The Kier molecular flexibility index (Phi) is 8.09. The Balaban J connectivity index is 0.00000765. The van der Waals surface area contributed by atoms with Gasteiger partial charge in [0.2, 0.25) is 0 Å². The molecule has 1 N–H and O–H groups in total. The van der Waals surface area contributed by atoms with Crippen LogP contribution in [0.25, 0.3) is 83.9 Å². The van der Waals surface area contributed by atoms with Crippen molar-refractivity contribution >= 4 is 11.0 Å². The van der Waals surface area contributed by atoms with E-state index < -0.39 is 55.7 Å². The van der Waals surface area contributed by atoms with Gasteiger partial charge in [0.25, 0.3) is 0 Å². The summed E-state index contributed by atoms with van der Waals surface area (Å²) in [6, 6.07) is 42.6. The molecule has 2 aromatic heterocycles. The maximum Gasteiger partial charge on any atom is 0.148 e. The summed E-state index contributed by atoms with van der Waals surface area (Å²) in [7, 11) is 0. The van der Waals surface area contributed by atoms with Gasteiger partial charge < -0.3 is 5.11 Å². The maximum atomic E-state index is 11.8. The first-order valence-electron chi connectivity index (χ1n) is 26.9. The Hall–Kier alpha value is -6.35. The molecule has 0 amide bonds. The number of imidazole rings is 1. The summed E-state index contributed by atoms with van der Waals surface area (Å²) in [4.78, 5) is 10.1. The number of aromatic hydroxyl groups is 1. The van der Waals surface area contributed by atoms with Gasteiger partial charge in [-0.25, -0.2) is 4.98 Å². The zero-order valence-electron chi connectivity index (χ0n) is 48.4. The van der Waals surface area contributed by atoms with Crippen LogP contribution in [-0.4, -0.2) is 19.6 Å². The molecule has 2 heterocycles. The monoisotopic (exact) mass is 1010 g/mol. The molecule has 4 nitrogen and oxygen atoms in total. The van der Waals surface area contributed by atoms with Gasteiger partial charge in [-0.05, 0) is 105 Å². The number of aryl methyl sites for hydroxylation is 2. The summed E-state index contributed by atoms with van der Waals surface area (Å²) < 4.78 is 113. The Morgan fingerprint density at radius 2 is 1.27 bits per heavy atom. The molecule has 0 unspecified atom stereocenters. The van der Waals surface area contributed by atoms with Gasteiger partial charge in [-0.15, -0.1) is 23.8 Å². The molecule has 0 aliphatic heterocycles. The van der Waals surface area contributed by atoms with Gasteiger partial charge in [-0.2, -0.15) is 0 Å². The van der Waals surface area contributed by atoms with E-state index in [2.05, 4.69) is 61.7 Å². The summed E-state index contributed by atoms with van der Waals surface area (Å²) in [5.41, 5.74) is 5.72. The predicted molar refractivity (Wildman–Crippen MR) is 259 cm³/mol. The van der Waals surface area contributed by atoms with E-state index in [0.717, 1.165) is 44.6 Å². The van der Waals surface area contributed by atoms with Crippen LogP contribution in [0, 0.1) is 19.9 Å². The van der Waals surface area contributed by atoms with Crippen LogP contribution >= 0.6 is 0 Å². The number of pyridine rings is 1. The van der Waals surface area contributed by atoms with Crippen molar-refractivity contribution < 1.29 is 44.0 Å². The van der Waals surface area contributed by atoms with Gasteiger partial charge in [0.15, 0.2) is 0 Å². The number of phenolic OH excluding ortho intramolecular Hbond substituents is 1. The fourth-order valence-corrected chi connectivity index (χ4v) is 7.89. The van der Waals surface area contributed by atoms with Crippen LogP contribution in [0.1, 0.15) is 81.4 Å². The molecular formula is C58H52N3OPt-. The molecule has 9 aromatic rings. The van der Waals surface area contributed by atoms with Crippen molar-refractivity contribution in [1.29, 1.82) is 0 Å². The zero-order chi connectivity index (χ0) is 54.3. The van der Waals surface area contributed by atoms with Crippen LogP contribution in [0.3, 0.4) is 0 Å². The molecule has 0 fully saturated rings. The van der Waals surface area contributed by atoms with E-state index in [-0.39, 0.29) is 43.4 Å². The van der Waals surface area contributed by atoms with Crippen molar-refractivity contribution in [3.63, 3.8) is 0 Å². The van der Waals surface area contributed by atoms with Crippen molar-refractivity contribution in [3.8, 4) is 78.6 Å². The molecule has 9 rings (SSSR count). The minimum atomic E-state index is -3.81. The van der Waals surface area contributed by atoms with Crippen LogP contribution in [0.4, 0.5) is 0 Å². The second-order valence-electron chi connectivity index (χ2n) is 16.8. The van der Waals surface area contributed by atoms with Gasteiger partial charge in [-0.1, -0.05) is 173 Å². The van der Waals surface area contributed by atoms with Crippen molar-refractivity contribution in [3.05, 3.63) is 192 Å². The molecule has 0 atom stereocenters. The summed E-state index contributed by atoms with van der Waals surface area (Å²) in [6.07, 6.45) is 1.41. The minimum absolute atomic E-state index is 0. The number of rotatable bonds is 7. The number of benzene rings is 7. The molecule has 7 aromatic carbocycles. The third-order valence-corrected chi connectivity index (χ3v) is 11.1. The molecule has 0 bridgehead atoms. The van der Waals surface area contributed by atoms with Crippen LogP contribution in [0.5, 0.6) is 5.75 Å². The van der Waals surface area contributed by atoms with Crippen molar-refractivity contribution in [2.24, 2.45) is 0 Å². The fourth-order valence-electron chi connectivity index (χ4n) is 7.89. The van der Waals surface area contributed by atoms with E-state index in [1.807, 2.05) is 105 Å². The number of phenols is 1. The molecule has 0 saturated heterocycles. The third-order valence-electron chi connectivity index (χ3n) is 11.1. The number of nitrogens with zero attached hydrogens (tertiary/aromatic N) is 3. The molecule has 5 heteroatoms. The Bertz CT molecular complexity index is 3630. The molecule has 0 aliphatic carbocycles. The predicted octanol–water partition coefficient (Wildman–Crippen LogP) is 15.1. The first-order valence-corrected chi connectivity index (χ1v) is 20.4. The Morgan fingerprint density at radius 3 is 1.94 bits per heavy atom. The zero-order valence-corrected chi connectivity index (χ0v) is 37.7. The number of hydrogen-bond acceptors (Lipinski definition) is 3. The molecular weight excluding hydrogens is 950 g/mol. The maximum absolute atomic E-state index is 11.8. The van der Waals surface area contributed by atoms with Crippen molar-refractivity contribution in [2.75, 3.05) is 0 Å². The van der Waals surface area contributed by atoms with Gasteiger partial charge in [0.05, 0.1) is 22.1 Å². The van der Waals surface area contributed by atoms with Gasteiger partial charge >= 0.3 is 0 Å².